The van der Waals surface area contributed by atoms with Gasteiger partial charge in [-0.1, -0.05) is 13.8 Å². The van der Waals surface area contributed by atoms with Gasteiger partial charge in [0.25, 0.3) is 0 Å². The Balaban J connectivity index is 1.65. The van der Waals surface area contributed by atoms with Crippen LogP contribution in [0.4, 0.5) is 0 Å². The molecular weight excluding hydrogens is 202 g/mol. The monoisotopic (exact) mass is 227 g/mol. The Morgan fingerprint density at radius 1 is 1.31 bits per heavy atom. The molecular formula is C13H25NO2. The summed E-state index contributed by atoms with van der Waals surface area (Å²) in [5.41, 5.74) is 0. The van der Waals surface area contributed by atoms with E-state index >= 15 is 0 Å². The van der Waals surface area contributed by atoms with E-state index in [2.05, 4.69) is 19.2 Å². The van der Waals surface area contributed by atoms with Crippen LogP contribution in [0.5, 0.6) is 0 Å². The fourth-order valence-electron chi connectivity index (χ4n) is 2.68. The topological polar surface area (TPSA) is 41.5 Å². The summed E-state index contributed by atoms with van der Waals surface area (Å²) in [6.07, 6.45) is 4.67. The van der Waals surface area contributed by atoms with E-state index in [4.69, 9.17) is 4.74 Å². The van der Waals surface area contributed by atoms with Gasteiger partial charge >= 0.3 is 0 Å². The first-order valence-corrected chi connectivity index (χ1v) is 6.68. The Bertz CT molecular complexity index is 214. The molecule has 94 valence electrons. The summed E-state index contributed by atoms with van der Waals surface area (Å²) >= 11 is 0. The minimum atomic E-state index is -0.0232. The zero-order chi connectivity index (χ0) is 11.5. The smallest absolute Gasteiger partial charge is 0.0612 e. The lowest BCUT2D eigenvalue weighted by molar-refractivity contribution is -0.0271. The van der Waals surface area contributed by atoms with Gasteiger partial charge in [0, 0.05) is 12.6 Å². The molecule has 1 aliphatic heterocycles. The van der Waals surface area contributed by atoms with Gasteiger partial charge in [0.15, 0.2) is 0 Å². The SMILES string of the molecule is CC(C)C1CC(NCC2CC(O)C2)CCO1. The molecule has 0 amide bonds. The Kier molecular flexibility index (Phi) is 4.22. The molecule has 0 bridgehead atoms. The standard InChI is InChI=1S/C13H25NO2/c1-9(2)13-7-11(3-4-16-13)14-8-10-5-12(15)6-10/h9-15H,3-8H2,1-2H3. The third-order valence-electron chi connectivity index (χ3n) is 3.96. The predicted octanol–water partition coefficient (Wildman–Crippen LogP) is 1.55. The second kappa shape index (κ2) is 5.48. The number of hydrogen-bond donors (Lipinski definition) is 2. The fraction of sp³-hybridized carbons (Fsp3) is 1.00. The highest BCUT2D eigenvalue weighted by Crippen LogP contribution is 2.27. The van der Waals surface area contributed by atoms with Gasteiger partial charge in [0.05, 0.1) is 12.2 Å². The van der Waals surface area contributed by atoms with Gasteiger partial charge in [-0.3, -0.25) is 0 Å². The number of aliphatic hydroxyl groups is 1. The van der Waals surface area contributed by atoms with Crippen LogP contribution in [0.1, 0.15) is 39.5 Å². The molecule has 2 aliphatic rings. The summed E-state index contributed by atoms with van der Waals surface area (Å²) in [5, 5.41) is 12.9. The van der Waals surface area contributed by atoms with Gasteiger partial charge in [-0.05, 0) is 44.1 Å². The van der Waals surface area contributed by atoms with E-state index in [1.165, 1.54) is 0 Å². The number of rotatable bonds is 4. The molecule has 16 heavy (non-hydrogen) atoms. The van der Waals surface area contributed by atoms with E-state index in [0.717, 1.165) is 38.8 Å². The lowest BCUT2D eigenvalue weighted by Gasteiger charge is -2.36. The van der Waals surface area contributed by atoms with Crippen LogP contribution in [-0.2, 0) is 4.74 Å². The van der Waals surface area contributed by atoms with E-state index in [9.17, 15) is 5.11 Å². The van der Waals surface area contributed by atoms with Gasteiger partial charge in [0.2, 0.25) is 0 Å². The van der Waals surface area contributed by atoms with Gasteiger partial charge in [-0.25, -0.2) is 0 Å². The van der Waals surface area contributed by atoms with Gasteiger partial charge in [-0.15, -0.1) is 0 Å². The third-order valence-corrected chi connectivity index (χ3v) is 3.96. The first-order chi connectivity index (χ1) is 7.65. The minimum Gasteiger partial charge on any atom is -0.393 e. The molecule has 1 saturated heterocycles. The molecule has 2 fully saturated rings. The second-order valence-corrected chi connectivity index (χ2v) is 5.77. The summed E-state index contributed by atoms with van der Waals surface area (Å²) in [6, 6.07) is 0.624. The minimum absolute atomic E-state index is 0.0232. The van der Waals surface area contributed by atoms with E-state index in [1.807, 2.05) is 0 Å². The van der Waals surface area contributed by atoms with Crippen LogP contribution < -0.4 is 5.32 Å². The average molecular weight is 227 g/mol. The lowest BCUT2D eigenvalue weighted by Crippen LogP contribution is -2.45. The Labute approximate surface area is 98.6 Å². The largest absolute Gasteiger partial charge is 0.393 e. The summed E-state index contributed by atoms with van der Waals surface area (Å²) in [5.74, 6) is 1.32. The van der Waals surface area contributed by atoms with Crippen molar-refractivity contribution < 1.29 is 9.84 Å². The van der Waals surface area contributed by atoms with Crippen molar-refractivity contribution in [2.45, 2.75) is 57.8 Å². The highest BCUT2D eigenvalue weighted by molar-refractivity contribution is 4.84. The molecule has 3 nitrogen and oxygen atoms in total. The summed E-state index contributed by atoms with van der Waals surface area (Å²) in [6.45, 7) is 6.44. The zero-order valence-corrected chi connectivity index (χ0v) is 10.5. The van der Waals surface area contributed by atoms with E-state index in [-0.39, 0.29) is 6.10 Å². The molecule has 0 spiro atoms. The molecule has 1 saturated carbocycles. The molecule has 3 heteroatoms. The number of ether oxygens (including phenoxy) is 1. The summed E-state index contributed by atoms with van der Waals surface area (Å²) < 4.78 is 5.75. The van der Waals surface area contributed by atoms with Crippen LogP contribution in [0, 0.1) is 11.8 Å². The van der Waals surface area contributed by atoms with Crippen LogP contribution in [0.3, 0.4) is 0 Å². The van der Waals surface area contributed by atoms with Crippen molar-refractivity contribution in [1.82, 2.24) is 5.32 Å². The second-order valence-electron chi connectivity index (χ2n) is 5.77. The van der Waals surface area contributed by atoms with Crippen molar-refractivity contribution in [3.05, 3.63) is 0 Å². The quantitative estimate of drug-likeness (QED) is 0.765. The molecule has 0 aromatic rings. The van der Waals surface area contributed by atoms with E-state index in [1.54, 1.807) is 0 Å². The highest BCUT2D eigenvalue weighted by Gasteiger charge is 2.29. The number of hydrogen-bond acceptors (Lipinski definition) is 3. The van der Waals surface area contributed by atoms with Crippen molar-refractivity contribution in [2.24, 2.45) is 11.8 Å². The molecule has 1 heterocycles. The van der Waals surface area contributed by atoms with Crippen molar-refractivity contribution in [3.8, 4) is 0 Å². The van der Waals surface area contributed by atoms with Crippen molar-refractivity contribution >= 4 is 0 Å². The molecule has 2 unspecified atom stereocenters. The number of aliphatic hydroxyl groups excluding tert-OH is 1. The van der Waals surface area contributed by atoms with Crippen LogP contribution >= 0.6 is 0 Å². The highest BCUT2D eigenvalue weighted by atomic mass is 16.5. The molecule has 0 aromatic heterocycles. The van der Waals surface area contributed by atoms with Gasteiger partial charge in [0.1, 0.15) is 0 Å². The van der Waals surface area contributed by atoms with Crippen LogP contribution in [0.25, 0.3) is 0 Å². The third kappa shape index (κ3) is 3.19. The average Bonchev–Trinajstić information content (AvgIpc) is 2.23. The van der Waals surface area contributed by atoms with E-state index in [0.29, 0.717) is 24.0 Å². The molecule has 1 aliphatic carbocycles. The maximum atomic E-state index is 9.22. The number of nitrogens with one attached hydrogen (secondary N) is 1. The molecule has 0 radical (unpaired) electrons. The fourth-order valence-corrected chi connectivity index (χ4v) is 2.68. The predicted molar refractivity (Wildman–Crippen MR) is 64.3 cm³/mol. The van der Waals surface area contributed by atoms with Crippen molar-refractivity contribution in [1.29, 1.82) is 0 Å². The van der Waals surface area contributed by atoms with Crippen molar-refractivity contribution in [3.63, 3.8) is 0 Å². The van der Waals surface area contributed by atoms with Gasteiger partial charge < -0.3 is 15.2 Å². The zero-order valence-electron chi connectivity index (χ0n) is 10.5. The molecule has 2 atom stereocenters. The normalized spacial score (nSPS) is 39.8. The first kappa shape index (κ1) is 12.3. The summed E-state index contributed by atoms with van der Waals surface area (Å²) in [7, 11) is 0. The maximum absolute atomic E-state index is 9.22. The maximum Gasteiger partial charge on any atom is 0.0612 e. The molecule has 2 N–H and O–H groups in total. The Morgan fingerprint density at radius 2 is 2.06 bits per heavy atom. The van der Waals surface area contributed by atoms with Crippen molar-refractivity contribution in [2.75, 3.05) is 13.2 Å². The first-order valence-electron chi connectivity index (χ1n) is 6.68. The summed E-state index contributed by atoms with van der Waals surface area (Å²) in [4.78, 5) is 0. The van der Waals surface area contributed by atoms with E-state index < -0.39 is 0 Å². The van der Waals surface area contributed by atoms with Crippen LogP contribution in [0.15, 0.2) is 0 Å². The lowest BCUT2D eigenvalue weighted by atomic mass is 9.82. The Morgan fingerprint density at radius 3 is 2.69 bits per heavy atom. The Hall–Kier alpha value is -0.120. The van der Waals surface area contributed by atoms with Gasteiger partial charge in [-0.2, -0.15) is 0 Å². The van der Waals surface area contributed by atoms with Crippen LogP contribution in [0.2, 0.25) is 0 Å². The molecule has 2 rings (SSSR count). The molecule has 0 aromatic carbocycles. The van der Waals surface area contributed by atoms with Crippen LogP contribution in [-0.4, -0.2) is 36.5 Å².